The van der Waals surface area contributed by atoms with Crippen LogP contribution in [0.2, 0.25) is 5.28 Å². The molecule has 0 radical (unpaired) electrons. The Balaban J connectivity index is 2.44. The summed E-state index contributed by atoms with van der Waals surface area (Å²) in [7, 11) is 0. The molecule has 2 rings (SSSR count). The summed E-state index contributed by atoms with van der Waals surface area (Å²) in [6.07, 6.45) is 4.74. The zero-order chi connectivity index (χ0) is 13.0. The smallest absolute Gasteiger partial charge is 0.230 e. The topological polar surface area (TPSA) is 67.7 Å². The molecule has 0 saturated carbocycles. The van der Waals surface area contributed by atoms with Crippen LogP contribution in [0.25, 0.3) is 11.4 Å². The molecular weight excluding hydrogens is 252 g/mol. The molecule has 0 bridgehead atoms. The summed E-state index contributed by atoms with van der Waals surface area (Å²) < 4.78 is 0. The van der Waals surface area contributed by atoms with Gasteiger partial charge in [-0.2, -0.15) is 15.0 Å². The summed E-state index contributed by atoms with van der Waals surface area (Å²) in [5, 5.41) is 0.172. The molecule has 94 valence electrons. The van der Waals surface area contributed by atoms with E-state index in [1.807, 2.05) is 18.7 Å². The molecule has 0 saturated heterocycles. The fourth-order valence-corrected chi connectivity index (χ4v) is 1.69. The predicted octanol–water partition coefficient (Wildman–Crippen LogP) is 1.83. The highest BCUT2D eigenvalue weighted by Crippen LogP contribution is 2.17. The van der Waals surface area contributed by atoms with Gasteiger partial charge >= 0.3 is 0 Å². The first-order chi connectivity index (χ1) is 8.74. The third-order valence-corrected chi connectivity index (χ3v) is 2.63. The first-order valence-electron chi connectivity index (χ1n) is 5.66. The first-order valence-corrected chi connectivity index (χ1v) is 6.04. The molecule has 6 nitrogen and oxygen atoms in total. The van der Waals surface area contributed by atoms with Gasteiger partial charge in [-0.3, -0.25) is 0 Å². The van der Waals surface area contributed by atoms with E-state index in [4.69, 9.17) is 11.6 Å². The maximum Gasteiger partial charge on any atom is 0.230 e. The zero-order valence-electron chi connectivity index (χ0n) is 10.2. The minimum atomic E-state index is 0.172. The molecule has 18 heavy (non-hydrogen) atoms. The molecule has 0 aliphatic carbocycles. The van der Waals surface area contributed by atoms with E-state index in [2.05, 4.69) is 24.9 Å². The van der Waals surface area contributed by atoms with Crippen molar-refractivity contribution in [2.45, 2.75) is 13.8 Å². The van der Waals surface area contributed by atoms with E-state index >= 15 is 0 Å². The molecule has 2 aromatic heterocycles. The SMILES string of the molecule is CCN(CC)c1nc(Cl)nc(-c2cncnc2)n1. The predicted molar refractivity (Wildman–Crippen MR) is 69.4 cm³/mol. The molecule has 0 unspecified atom stereocenters. The minimum Gasteiger partial charge on any atom is -0.341 e. The summed E-state index contributed by atoms with van der Waals surface area (Å²) >= 11 is 5.93. The lowest BCUT2D eigenvalue weighted by molar-refractivity contribution is 0.813. The quantitative estimate of drug-likeness (QED) is 0.839. The van der Waals surface area contributed by atoms with Crippen LogP contribution in [0.1, 0.15) is 13.8 Å². The lowest BCUT2D eigenvalue weighted by Gasteiger charge is -2.18. The number of halogens is 1. The van der Waals surface area contributed by atoms with Crippen molar-refractivity contribution in [2.24, 2.45) is 0 Å². The van der Waals surface area contributed by atoms with Crippen molar-refractivity contribution in [3.8, 4) is 11.4 Å². The Bertz CT molecular complexity index is 514. The van der Waals surface area contributed by atoms with Gasteiger partial charge in [-0.1, -0.05) is 0 Å². The summed E-state index contributed by atoms with van der Waals surface area (Å²) in [5.41, 5.74) is 0.718. The van der Waals surface area contributed by atoms with Crippen molar-refractivity contribution >= 4 is 17.5 Å². The van der Waals surface area contributed by atoms with Gasteiger partial charge in [-0.15, -0.1) is 0 Å². The van der Waals surface area contributed by atoms with E-state index in [9.17, 15) is 0 Å². The van der Waals surface area contributed by atoms with Crippen LogP contribution >= 0.6 is 11.6 Å². The molecular formula is C11H13ClN6. The van der Waals surface area contributed by atoms with Crippen LogP contribution < -0.4 is 4.90 Å². The molecule has 7 heteroatoms. The van der Waals surface area contributed by atoms with Crippen molar-refractivity contribution in [3.05, 3.63) is 24.0 Å². The monoisotopic (exact) mass is 264 g/mol. The van der Waals surface area contributed by atoms with Crippen LogP contribution in [-0.2, 0) is 0 Å². The Hall–Kier alpha value is -1.82. The second-order valence-electron chi connectivity index (χ2n) is 3.53. The summed E-state index contributed by atoms with van der Waals surface area (Å²) in [6.45, 7) is 5.68. The highest BCUT2D eigenvalue weighted by Gasteiger charge is 2.11. The Labute approximate surface area is 110 Å². The molecule has 0 atom stereocenters. The highest BCUT2D eigenvalue weighted by atomic mass is 35.5. The lowest BCUT2D eigenvalue weighted by Crippen LogP contribution is -2.24. The lowest BCUT2D eigenvalue weighted by atomic mass is 10.3. The Morgan fingerprint density at radius 3 is 2.33 bits per heavy atom. The van der Waals surface area contributed by atoms with E-state index in [1.54, 1.807) is 12.4 Å². The van der Waals surface area contributed by atoms with Gasteiger partial charge in [0.25, 0.3) is 0 Å². The van der Waals surface area contributed by atoms with Gasteiger partial charge in [0.2, 0.25) is 11.2 Å². The van der Waals surface area contributed by atoms with Gasteiger partial charge in [0.1, 0.15) is 6.33 Å². The van der Waals surface area contributed by atoms with Gasteiger partial charge in [-0.25, -0.2) is 9.97 Å². The third-order valence-electron chi connectivity index (χ3n) is 2.46. The first kappa shape index (κ1) is 12.6. The molecule has 0 fully saturated rings. The molecule has 2 heterocycles. The van der Waals surface area contributed by atoms with E-state index in [1.165, 1.54) is 6.33 Å². The Morgan fingerprint density at radius 2 is 1.72 bits per heavy atom. The van der Waals surface area contributed by atoms with Gasteiger partial charge in [0.05, 0.1) is 5.56 Å². The number of aromatic nitrogens is 5. The van der Waals surface area contributed by atoms with E-state index < -0.39 is 0 Å². The zero-order valence-corrected chi connectivity index (χ0v) is 11.0. The minimum absolute atomic E-state index is 0.172. The molecule has 0 amide bonds. The molecule has 0 N–H and O–H groups in total. The van der Waals surface area contributed by atoms with E-state index in [-0.39, 0.29) is 5.28 Å². The largest absolute Gasteiger partial charge is 0.341 e. The molecule has 2 aromatic rings. The molecule has 0 spiro atoms. The van der Waals surface area contributed by atoms with Crippen LogP contribution in [0, 0.1) is 0 Å². The normalized spacial score (nSPS) is 10.4. The Kier molecular flexibility index (Phi) is 3.99. The summed E-state index contributed by atoms with van der Waals surface area (Å²) in [5.74, 6) is 1.05. The van der Waals surface area contributed by atoms with Crippen LogP contribution in [0.4, 0.5) is 5.95 Å². The number of rotatable bonds is 4. The second-order valence-corrected chi connectivity index (χ2v) is 3.87. The summed E-state index contributed by atoms with van der Waals surface area (Å²) in [4.78, 5) is 22.5. The maximum absolute atomic E-state index is 5.93. The third kappa shape index (κ3) is 2.70. The standard InChI is InChI=1S/C11H13ClN6/c1-3-18(4-2)11-16-9(15-10(12)17-11)8-5-13-7-14-6-8/h5-7H,3-4H2,1-2H3. The fraction of sp³-hybridized carbons (Fsp3) is 0.364. The van der Waals surface area contributed by atoms with Crippen molar-refractivity contribution in [3.63, 3.8) is 0 Å². The average Bonchev–Trinajstić information content (AvgIpc) is 2.40. The van der Waals surface area contributed by atoms with Gasteiger partial charge in [0, 0.05) is 25.5 Å². The van der Waals surface area contributed by atoms with Crippen molar-refractivity contribution in [1.82, 2.24) is 24.9 Å². The molecule has 0 aliphatic heterocycles. The van der Waals surface area contributed by atoms with Crippen LogP contribution in [-0.4, -0.2) is 38.0 Å². The Morgan fingerprint density at radius 1 is 1.06 bits per heavy atom. The second kappa shape index (κ2) is 5.68. The van der Waals surface area contributed by atoms with Crippen LogP contribution in [0.3, 0.4) is 0 Å². The number of hydrogen-bond acceptors (Lipinski definition) is 6. The number of hydrogen-bond donors (Lipinski definition) is 0. The average molecular weight is 265 g/mol. The van der Waals surface area contributed by atoms with E-state index in [0.29, 0.717) is 11.8 Å². The van der Waals surface area contributed by atoms with Crippen molar-refractivity contribution in [1.29, 1.82) is 0 Å². The van der Waals surface area contributed by atoms with Crippen LogP contribution in [0.15, 0.2) is 18.7 Å². The van der Waals surface area contributed by atoms with Crippen molar-refractivity contribution < 1.29 is 0 Å². The summed E-state index contributed by atoms with van der Waals surface area (Å²) in [6, 6.07) is 0. The van der Waals surface area contributed by atoms with Gasteiger partial charge in [0.15, 0.2) is 5.82 Å². The maximum atomic E-state index is 5.93. The highest BCUT2D eigenvalue weighted by molar-refractivity contribution is 6.28. The number of nitrogens with zero attached hydrogens (tertiary/aromatic N) is 6. The number of anilines is 1. The van der Waals surface area contributed by atoms with Crippen molar-refractivity contribution in [2.75, 3.05) is 18.0 Å². The van der Waals surface area contributed by atoms with Crippen LogP contribution in [0.5, 0.6) is 0 Å². The molecule has 0 aromatic carbocycles. The van der Waals surface area contributed by atoms with E-state index in [0.717, 1.165) is 18.7 Å². The fourth-order valence-electron chi connectivity index (χ4n) is 1.53. The van der Waals surface area contributed by atoms with Gasteiger partial charge in [-0.05, 0) is 25.4 Å². The molecule has 0 aliphatic rings. The van der Waals surface area contributed by atoms with Gasteiger partial charge < -0.3 is 4.90 Å².